The summed E-state index contributed by atoms with van der Waals surface area (Å²) in [5, 5.41) is 4.90. The molecule has 4 heterocycles. The van der Waals surface area contributed by atoms with Crippen LogP contribution in [0.25, 0.3) is 88.5 Å². The van der Waals surface area contributed by atoms with E-state index in [0.717, 1.165) is 39.2 Å². The lowest BCUT2D eigenvalue weighted by Gasteiger charge is -2.14. The molecule has 0 spiro atoms. The van der Waals surface area contributed by atoms with E-state index in [9.17, 15) is 0 Å². The first-order valence-corrected chi connectivity index (χ1v) is 16.9. The summed E-state index contributed by atoms with van der Waals surface area (Å²) < 4.78 is 4.79. The summed E-state index contributed by atoms with van der Waals surface area (Å²) >= 11 is 0. The van der Waals surface area contributed by atoms with Crippen LogP contribution >= 0.6 is 0 Å². The maximum Gasteiger partial charge on any atom is 0.0719 e. The van der Waals surface area contributed by atoms with Gasteiger partial charge >= 0.3 is 0 Å². The largest absolute Gasteiger partial charge is 0.309 e. The highest BCUT2D eigenvalue weighted by Gasteiger charge is 2.19. The maximum atomic E-state index is 4.89. The molecule has 0 saturated carbocycles. The predicted octanol–water partition coefficient (Wildman–Crippen LogP) is 11.7. The Labute approximate surface area is 289 Å². The van der Waals surface area contributed by atoms with Crippen LogP contribution in [-0.4, -0.2) is 19.1 Å². The number of hydrogen-bond donors (Lipinski definition) is 0. The molecule has 0 bridgehead atoms. The normalized spacial score (nSPS) is 11.6. The maximum absolute atomic E-state index is 4.89. The standard InChI is InChI=1S/C46H30N4/c1-3-12-31(13-4-1)34-24-35(32-14-5-2-6-15-32)26-37(25-34)50-44-20-10-8-18-39(44)41-27-40-38-17-7-9-19-43(38)49(45(40)28-46(41)50)36-21-22-42(48-30-36)33-16-11-23-47-29-33/h1-30H. The van der Waals surface area contributed by atoms with Crippen LogP contribution < -0.4 is 0 Å². The lowest BCUT2D eigenvalue weighted by molar-refractivity contribution is 1.14. The summed E-state index contributed by atoms with van der Waals surface area (Å²) in [6.07, 6.45) is 5.62. The molecule has 0 aliphatic heterocycles. The quantitative estimate of drug-likeness (QED) is 0.188. The van der Waals surface area contributed by atoms with Gasteiger partial charge in [0.15, 0.2) is 0 Å². The zero-order valence-electron chi connectivity index (χ0n) is 27.1. The lowest BCUT2D eigenvalue weighted by Crippen LogP contribution is -1.98. The van der Waals surface area contributed by atoms with Crippen LogP contribution in [0.1, 0.15) is 0 Å². The van der Waals surface area contributed by atoms with Gasteiger partial charge in [0.1, 0.15) is 0 Å². The van der Waals surface area contributed by atoms with Crippen molar-refractivity contribution < 1.29 is 0 Å². The van der Waals surface area contributed by atoms with Crippen molar-refractivity contribution in [3.8, 4) is 44.9 Å². The van der Waals surface area contributed by atoms with Crippen LogP contribution in [0.15, 0.2) is 182 Å². The van der Waals surface area contributed by atoms with E-state index in [1.54, 1.807) is 6.20 Å². The van der Waals surface area contributed by atoms with Gasteiger partial charge in [-0.05, 0) is 89.0 Å². The van der Waals surface area contributed by atoms with Crippen molar-refractivity contribution in [1.82, 2.24) is 19.1 Å². The Bertz CT molecular complexity index is 2770. The van der Waals surface area contributed by atoms with Crippen LogP contribution in [0.5, 0.6) is 0 Å². The van der Waals surface area contributed by atoms with Crippen molar-refractivity contribution in [3.05, 3.63) is 182 Å². The summed E-state index contributed by atoms with van der Waals surface area (Å²) in [5.41, 5.74) is 13.4. The second-order valence-corrected chi connectivity index (χ2v) is 12.7. The third kappa shape index (κ3) is 4.54. The Kier molecular flexibility index (Phi) is 6.46. The molecule has 50 heavy (non-hydrogen) atoms. The molecule has 0 amide bonds. The SMILES string of the molecule is c1ccc(-c2cc(-c3ccccc3)cc(-n3c4ccccc4c4cc5c6ccccc6n(-c6ccc(-c7cccnc7)nc6)c5cc43)c2)cc1. The molecule has 234 valence electrons. The van der Waals surface area contributed by atoms with Crippen molar-refractivity contribution in [3.63, 3.8) is 0 Å². The van der Waals surface area contributed by atoms with Gasteiger partial charge in [-0.3, -0.25) is 9.97 Å². The fourth-order valence-electron chi connectivity index (χ4n) is 7.53. The molecule has 4 heteroatoms. The second kappa shape index (κ2) is 11.4. The third-order valence-electron chi connectivity index (χ3n) is 9.82. The van der Waals surface area contributed by atoms with E-state index in [1.807, 2.05) is 24.5 Å². The molecular formula is C46H30N4. The van der Waals surface area contributed by atoms with E-state index in [4.69, 9.17) is 4.98 Å². The van der Waals surface area contributed by atoms with Gasteiger partial charge in [-0.1, -0.05) is 97.1 Å². The van der Waals surface area contributed by atoms with Crippen LogP contribution in [0.4, 0.5) is 0 Å². The van der Waals surface area contributed by atoms with Gasteiger partial charge in [0.2, 0.25) is 0 Å². The zero-order valence-corrected chi connectivity index (χ0v) is 27.1. The molecule has 0 N–H and O–H groups in total. The van der Waals surface area contributed by atoms with Crippen molar-refractivity contribution in [2.45, 2.75) is 0 Å². The minimum Gasteiger partial charge on any atom is -0.309 e. The van der Waals surface area contributed by atoms with Gasteiger partial charge in [-0.15, -0.1) is 0 Å². The second-order valence-electron chi connectivity index (χ2n) is 12.7. The van der Waals surface area contributed by atoms with Gasteiger partial charge in [0.05, 0.1) is 39.6 Å². The van der Waals surface area contributed by atoms with Crippen molar-refractivity contribution in [1.29, 1.82) is 0 Å². The molecular weight excluding hydrogens is 609 g/mol. The Hall–Kier alpha value is -6.78. The number of para-hydroxylation sites is 2. The Morgan fingerprint density at radius 1 is 0.340 bits per heavy atom. The molecule has 0 unspecified atom stereocenters. The Morgan fingerprint density at radius 3 is 1.46 bits per heavy atom. The molecule has 6 aromatic carbocycles. The Morgan fingerprint density at radius 2 is 0.900 bits per heavy atom. The molecule has 0 atom stereocenters. The average Bonchev–Trinajstić information content (AvgIpc) is 3.70. The van der Waals surface area contributed by atoms with E-state index < -0.39 is 0 Å². The zero-order chi connectivity index (χ0) is 33.0. The van der Waals surface area contributed by atoms with E-state index in [1.165, 1.54) is 49.3 Å². The molecule has 10 rings (SSSR count). The highest BCUT2D eigenvalue weighted by atomic mass is 15.0. The number of pyridine rings is 2. The number of rotatable bonds is 5. The molecule has 4 aromatic heterocycles. The summed E-state index contributed by atoms with van der Waals surface area (Å²) in [4.78, 5) is 9.18. The van der Waals surface area contributed by atoms with Gasteiger partial charge in [0.25, 0.3) is 0 Å². The fourth-order valence-corrected chi connectivity index (χ4v) is 7.53. The smallest absolute Gasteiger partial charge is 0.0719 e. The van der Waals surface area contributed by atoms with Crippen LogP contribution in [0, 0.1) is 0 Å². The Balaban J connectivity index is 1.26. The third-order valence-corrected chi connectivity index (χ3v) is 9.82. The highest BCUT2D eigenvalue weighted by Crippen LogP contribution is 2.41. The fraction of sp³-hybridized carbons (Fsp3) is 0. The minimum absolute atomic E-state index is 0.901. The molecule has 0 aliphatic carbocycles. The molecule has 0 radical (unpaired) electrons. The summed E-state index contributed by atoms with van der Waals surface area (Å²) in [6.45, 7) is 0. The molecule has 0 fully saturated rings. The van der Waals surface area contributed by atoms with Crippen LogP contribution in [0.3, 0.4) is 0 Å². The summed E-state index contributed by atoms with van der Waals surface area (Å²) in [7, 11) is 0. The van der Waals surface area contributed by atoms with Crippen molar-refractivity contribution >= 4 is 43.6 Å². The van der Waals surface area contributed by atoms with E-state index >= 15 is 0 Å². The van der Waals surface area contributed by atoms with E-state index in [-0.39, 0.29) is 0 Å². The van der Waals surface area contributed by atoms with Crippen molar-refractivity contribution in [2.75, 3.05) is 0 Å². The summed E-state index contributed by atoms with van der Waals surface area (Å²) in [5.74, 6) is 0. The molecule has 0 saturated heterocycles. The topological polar surface area (TPSA) is 35.6 Å². The number of hydrogen-bond acceptors (Lipinski definition) is 2. The van der Waals surface area contributed by atoms with Crippen LogP contribution in [0.2, 0.25) is 0 Å². The van der Waals surface area contributed by atoms with Gasteiger partial charge in [-0.2, -0.15) is 0 Å². The number of aromatic nitrogens is 4. The van der Waals surface area contributed by atoms with Gasteiger partial charge < -0.3 is 9.13 Å². The number of benzene rings is 6. The van der Waals surface area contributed by atoms with E-state index in [0.29, 0.717) is 0 Å². The molecule has 10 aromatic rings. The first-order valence-electron chi connectivity index (χ1n) is 16.9. The first kappa shape index (κ1) is 28.3. The number of nitrogens with zero attached hydrogens (tertiary/aromatic N) is 4. The van der Waals surface area contributed by atoms with Gasteiger partial charge in [-0.25, -0.2) is 0 Å². The van der Waals surface area contributed by atoms with E-state index in [2.05, 4.69) is 166 Å². The molecule has 4 nitrogen and oxygen atoms in total. The number of fused-ring (bicyclic) bond motifs is 6. The predicted molar refractivity (Wildman–Crippen MR) is 207 cm³/mol. The summed E-state index contributed by atoms with van der Waals surface area (Å²) in [6, 6.07) is 58.8. The monoisotopic (exact) mass is 638 g/mol. The van der Waals surface area contributed by atoms with Crippen molar-refractivity contribution in [2.24, 2.45) is 0 Å². The van der Waals surface area contributed by atoms with Crippen LogP contribution in [-0.2, 0) is 0 Å². The first-order chi connectivity index (χ1) is 24.8. The minimum atomic E-state index is 0.901. The lowest BCUT2D eigenvalue weighted by atomic mass is 9.98. The highest BCUT2D eigenvalue weighted by molar-refractivity contribution is 6.19. The average molecular weight is 639 g/mol. The van der Waals surface area contributed by atoms with Gasteiger partial charge in [0, 0.05) is 45.2 Å². The molecule has 0 aliphatic rings.